The van der Waals surface area contributed by atoms with Crippen LogP contribution in [0.2, 0.25) is 0 Å². The molecule has 2 aromatic rings. The topological polar surface area (TPSA) is 49.3 Å². The zero-order valence-corrected chi connectivity index (χ0v) is 12.5. The van der Waals surface area contributed by atoms with Gasteiger partial charge in [-0.3, -0.25) is 0 Å². The first-order valence-electron chi connectivity index (χ1n) is 7.53. The molecule has 3 rings (SSSR count). The van der Waals surface area contributed by atoms with Gasteiger partial charge in [0.15, 0.2) is 0 Å². The molecule has 2 aromatic carbocycles. The van der Waals surface area contributed by atoms with Crippen LogP contribution >= 0.6 is 0 Å². The molecule has 1 saturated carbocycles. The Morgan fingerprint density at radius 2 is 1.96 bits per heavy atom. The van der Waals surface area contributed by atoms with Gasteiger partial charge in [0.25, 0.3) is 0 Å². The van der Waals surface area contributed by atoms with E-state index in [9.17, 15) is 13.6 Å². The predicted octanol–water partition coefficient (Wildman–Crippen LogP) is 3.83. The molecule has 1 aliphatic rings. The largest absolute Gasteiger partial charge is 0.478 e. The zero-order chi connectivity index (χ0) is 16.4. The quantitative estimate of drug-likeness (QED) is 0.881. The van der Waals surface area contributed by atoms with E-state index in [1.165, 1.54) is 18.2 Å². The van der Waals surface area contributed by atoms with Gasteiger partial charge in [-0.1, -0.05) is 18.2 Å². The maximum Gasteiger partial charge on any atom is 0.335 e. The first kappa shape index (κ1) is 15.6. The number of halogens is 2. The molecular formula is C18H17F2NO2. The molecule has 2 N–H and O–H groups in total. The van der Waals surface area contributed by atoms with Crippen molar-refractivity contribution in [3.05, 3.63) is 70.8 Å². The Kier molecular flexibility index (Phi) is 4.13. The fourth-order valence-corrected chi connectivity index (χ4v) is 3.03. The van der Waals surface area contributed by atoms with Gasteiger partial charge in [-0.2, -0.15) is 0 Å². The lowest BCUT2D eigenvalue weighted by Gasteiger charge is -2.43. The molecule has 0 bridgehead atoms. The molecule has 0 spiro atoms. The number of carbonyl (C=O) groups is 1. The van der Waals surface area contributed by atoms with Crippen LogP contribution in [0.15, 0.2) is 42.5 Å². The number of benzene rings is 2. The van der Waals surface area contributed by atoms with Gasteiger partial charge in [-0.05, 0) is 43.0 Å². The normalized spacial score (nSPS) is 15.9. The van der Waals surface area contributed by atoms with Gasteiger partial charge >= 0.3 is 5.97 Å². The standard InChI is InChI=1S/C18H17F2NO2/c19-14-5-6-15(16(20)10-14)18(7-2-8-18)21-11-12-3-1-4-13(9-12)17(22)23/h1,3-6,9-10,21H,2,7-8,11H2,(H,22,23). The van der Waals surface area contributed by atoms with Crippen molar-refractivity contribution in [1.29, 1.82) is 0 Å². The summed E-state index contributed by atoms with van der Waals surface area (Å²) in [6.07, 6.45) is 2.52. The Labute approximate surface area is 133 Å². The smallest absolute Gasteiger partial charge is 0.335 e. The summed E-state index contributed by atoms with van der Waals surface area (Å²) in [6, 6.07) is 10.3. The number of hydrogen-bond acceptors (Lipinski definition) is 2. The van der Waals surface area contributed by atoms with E-state index in [1.807, 2.05) is 6.07 Å². The van der Waals surface area contributed by atoms with Crippen LogP contribution in [0.1, 0.15) is 40.7 Å². The van der Waals surface area contributed by atoms with E-state index in [4.69, 9.17) is 5.11 Å². The van der Waals surface area contributed by atoms with Gasteiger partial charge in [-0.15, -0.1) is 0 Å². The van der Waals surface area contributed by atoms with Crippen LogP contribution < -0.4 is 5.32 Å². The Morgan fingerprint density at radius 3 is 2.57 bits per heavy atom. The van der Waals surface area contributed by atoms with Crippen molar-refractivity contribution in [1.82, 2.24) is 5.32 Å². The van der Waals surface area contributed by atoms with Crippen LogP contribution in [0.3, 0.4) is 0 Å². The van der Waals surface area contributed by atoms with E-state index in [2.05, 4.69) is 5.32 Å². The Balaban J connectivity index is 1.80. The Hall–Kier alpha value is -2.27. The van der Waals surface area contributed by atoms with Crippen molar-refractivity contribution < 1.29 is 18.7 Å². The Bertz CT molecular complexity index is 742. The van der Waals surface area contributed by atoms with Crippen molar-refractivity contribution in [2.24, 2.45) is 0 Å². The fourth-order valence-electron chi connectivity index (χ4n) is 3.03. The molecule has 0 aliphatic heterocycles. The molecular weight excluding hydrogens is 300 g/mol. The van der Waals surface area contributed by atoms with Crippen LogP contribution in [0.4, 0.5) is 8.78 Å². The molecule has 5 heteroatoms. The average Bonchev–Trinajstić information content (AvgIpc) is 2.48. The highest BCUT2D eigenvalue weighted by molar-refractivity contribution is 5.87. The SMILES string of the molecule is O=C(O)c1cccc(CNC2(c3ccc(F)cc3F)CCC2)c1. The highest BCUT2D eigenvalue weighted by Gasteiger charge is 2.40. The average molecular weight is 317 g/mol. The Morgan fingerprint density at radius 1 is 1.17 bits per heavy atom. The third kappa shape index (κ3) is 3.10. The van der Waals surface area contributed by atoms with Crippen LogP contribution in [-0.2, 0) is 12.1 Å². The lowest BCUT2D eigenvalue weighted by Crippen LogP contribution is -2.48. The summed E-state index contributed by atoms with van der Waals surface area (Å²) in [5, 5.41) is 12.4. The van der Waals surface area contributed by atoms with Gasteiger partial charge < -0.3 is 10.4 Å². The van der Waals surface area contributed by atoms with Gasteiger partial charge in [0.05, 0.1) is 5.56 Å². The molecule has 23 heavy (non-hydrogen) atoms. The van der Waals surface area contributed by atoms with Gasteiger partial charge in [0, 0.05) is 23.7 Å². The van der Waals surface area contributed by atoms with Crippen molar-refractivity contribution in [3.63, 3.8) is 0 Å². The second kappa shape index (κ2) is 6.08. The number of rotatable bonds is 5. The summed E-state index contributed by atoms with van der Waals surface area (Å²) in [4.78, 5) is 11.0. The van der Waals surface area contributed by atoms with Crippen LogP contribution in [-0.4, -0.2) is 11.1 Å². The first-order valence-corrected chi connectivity index (χ1v) is 7.53. The second-order valence-electron chi connectivity index (χ2n) is 5.92. The van der Waals surface area contributed by atoms with Crippen LogP contribution in [0.5, 0.6) is 0 Å². The predicted molar refractivity (Wildman–Crippen MR) is 82.1 cm³/mol. The lowest BCUT2D eigenvalue weighted by atomic mass is 9.71. The summed E-state index contributed by atoms with van der Waals surface area (Å²) < 4.78 is 27.2. The molecule has 1 fully saturated rings. The van der Waals surface area contributed by atoms with E-state index in [0.717, 1.165) is 30.9 Å². The van der Waals surface area contributed by atoms with Gasteiger partial charge in [0.1, 0.15) is 11.6 Å². The highest BCUT2D eigenvalue weighted by atomic mass is 19.1. The molecule has 0 atom stereocenters. The fraction of sp³-hybridized carbons (Fsp3) is 0.278. The molecule has 3 nitrogen and oxygen atoms in total. The highest BCUT2D eigenvalue weighted by Crippen LogP contribution is 2.42. The third-order valence-electron chi connectivity index (χ3n) is 4.46. The minimum Gasteiger partial charge on any atom is -0.478 e. The van der Waals surface area contributed by atoms with E-state index in [1.54, 1.807) is 12.1 Å². The molecule has 0 radical (unpaired) electrons. The van der Waals surface area contributed by atoms with Crippen molar-refractivity contribution in [3.8, 4) is 0 Å². The molecule has 120 valence electrons. The summed E-state index contributed by atoms with van der Waals surface area (Å²) >= 11 is 0. The van der Waals surface area contributed by atoms with E-state index >= 15 is 0 Å². The van der Waals surface area contributed by atoms with E-state index in [-0.39, 0.29) is 5.56 Å². The van der Waals surface area contributed by atoms with Crippen molar-refractivity contribution >= 4 is 5.97 Å². The summed E-state index contributed by atoms with van der Waals surface area (Å²) in [7, 11) is 0. The number of carboxylic acid groups (broad SMARTS) is 1. The summed E-state index contributed by atoms with van der Waals surface area (Å²) in [6.45, 7) is 0.429. The van der Waals surface area contributed by atoms with Gasteiger partial charge in [0.2, 0.25) is 0 Å². The number of aromatic carboxylic acids is 1. The number of hydrogen-bond donors (Lipinski definition) is 2. The van der Waals surface area contributed by atoms with Gasteiger partial charge in [-0.25, -0.2) is 13.6 Å². The third-order valence-corrected chi connectivity index (χ3v) is 4.46. The molecule has 0 heterocycles. The second-order valence-corrected chi connectivity index (χ2v) is 5.92. The minimum atomic E-state index is -0.977. The maximum absolute atomic E-state index is 14.1. The van der Waals surface area contributed by atoms with Crippen LogP contribution in [0.25, 0.3) is 0 Å². The molecule has 0 amide bonds. The summed E-state index contributed by atoms with van der Waals surface area (Å²) in [5.74, 6) is -2.11. The summed E-state index contributed by atoms with van der Waals surface area (Å²) in [5.41, 5.74) is 1.01. The first-order chi connectivity index (χ1) is 11.0. The molecule has 0 unspecified atom stereocenters. The maximum atomic E-state index is 14.1. The lowest BCUT2D eigenvalue weighted by molar-refractivity contribution is 0.0696. The van der Waals surface area contributed by atoms with Crippen molar-refractivity contribution in [2.45, 2.75) is 31.3 Å². The van der Waals surface area contributed by atoms with Crippen molar-refractivity contribution in [2.75, 3.05) is 0 Å². The molecule has 0 aromatic heterocycles. The number of nitrogens with one attached hydrogen (secondary N) is 1. The minimum absolute atomic E-state index is 0.222. The molecule has 0 saturated heterocycles. The molecule has 1 aliphatic carbocycles. The number of carboxylic acids is 1. The zero-order valence-electron chi connectivity index (χ0n) is 12.5. The van der Waals surface area contributed by atoms with E-state index in [0.29, 0.717) is 12.1 Å². The van der Waals surface area contributed by atoms with Crippen LogP contribution in [0, 0.1) is 11.6 Å². The van der Waals surface area contributed by atoms with E-state index < -0.39 is 23.1 Å². The monoisotopic (exact) mass is 317 g/mol.